The molecule has 0 unspecified atom stereocenters. The number of hydrogen-bond acceptors (Lipinski definition) is 2. The largest absolute Gasteiger partial charge is 0.457 e. The second-order valence-electron chi connectivity index (χ2n) is 8.32. The normalized spacial score (nSPS) is 10.7. The van der Waals surface area contributed by atoms with Gasteiger partial charge in [0.15, 0.2) is 0 Å². The van der Waals surface area contributed by atoms with Crippen LogP contribution < -0.4 is 9.47 Å². The molecule has 0 N–H and O–H groups in total. The highest BCUT2D eigenvalue weighted by molar-refractivity contribution is 9.08. The van der Waals surface area contributed by atoms with Crippen LogP contribution in [0.4, 0.5) is 0 Å². The first-order valence-corrected chi connectivity index (χ1v) is 13.9. The van der Waals surface area contributed by atoms with Gasteiger partial charge in [0.05, 0.1) is 0 Å². The van der Waals surface area contributed by atoms with Crippen molar-refractivity contribution in [2.75, 3.05) is 0 Å². The van der Waals surface area contributed by atoms with Crippen LogP contribution in [0.3, 0.4) is 0 Å². The number of alkyl halides is 2. The smallest absolute Gasteiger partial charge is 0.132 e. The van der Waals surface area contributed by atoms with Gasteiger partial charge in [0.1, 0.15) is 23.0 Å². The topological polar surface area (TPSA) is 18.5 Å². The molecular weight excluding hydrogens is 576 g/mol. The third kappa shape index (κ3) is 5.72. The van der Waals surface area contributed by atoms with Gasteiger partial charge in [-0.3, -0.25) is 0 Å². The van der Waals surface area contributed by atoms with Gasteiger partial charge in [-0.05, 0) is 58.7 Å². The van der Waals surface area contributed by atoms with E-state index in [0.29, 0.717) is 10.7 Å². The van der Waals surface area contributed by atoms with Gasteiger partial charge < -0.3 is 9.47 Å². The first-order valence-electron chi connectivity index (χ1n) is 11.7. The summed E-state index contributed by atoms with van der Waals surface area (Å²) in [6.07, 6.45) is 0. The molecule has 4 heteroatoms. The molecule has 0 saturated heterocycles. The average molecular weight is 600 g/mol. The Kier molecular flexibility index (Phi) is 7.85. The maximum absolute atomic E-state index is 6.30. The molecule has 0 bridgehead atoms. The molecule has 5 rings (SSSR count). The van der Waals surface area contributed by atoms with Crippen LogP contribution in [0.1, 0.15) is 11.1 Å². The summed E-state index contributed by atoms with van der Waals surface area (Å²) in [5.41, 5.74) is 6.72. The molecule has 0 fully saturated rings. The van der Waals surface area contributed by atoms with Crippen LogP contribution in [-0.2, 0) is 10.7 Å². The summed E-state index contributed by atoms with van der Waals surface area (Å²) in [7, 11) is 0. The standard InChI is InChI=1S/C32H24Br2O2/c33-21-27-20-32(36-30-17-13-26(14-18-30)24-9-5-2-6-10-24)28(22-34)19-31(27)35-29-15-11-25(12-16-29)23-7-3-1-4-8-23/h1-20H,21-22H2. The van der Waals surface area contributed by atoms with Crippen molar-refractivity contribution in [3.63, 3.8) is 0 Å². The van der Waals surface area contributed by atoms with E-state index in [0.717, 1.165) is 45.3 Å². The molecule has 0 aliphatic heterocycles. The van der Waals surface area contributed by atoms with Gasteiger partial charge in [-0.15, -0.1) is 0 Å². The zero-order valence-electron chi connectivity index (χ0n) is 19.5. The van der Waals surface area contributed by atoms with E-state index in [-0.39, 0.29) is 0 Å². The van der Waals surface area contributed by atoms with Crippen molar-refractivity contribution < 1.29 is 9.47 Å². The van der Waals surface area contributed by atoms with Crippen LogP contribution >= 0.6 is 31.9 Å². The highest BCUT2D eigenvalue weighted by atomic mass is 79.9. The van der Waals surface area contributed by atoms with Crippen LogP contribution in [-0.4, -0.2) is 0 Å². The van der Waals surface area contributed by atoms with Gasteiger partial charge in [-0.25, -0.2) is 0 Å². The molecule has 0 atom stereocenters. The van der Waals surface area contributed by atoms with Crippen molar-refractivity contribution in [2.24, 2.45) is 0 Å². The van der Waals surface area contributed by atoms with E-state index in [4.69, 9.17) is 9.47 Å². The molecule has 178 valence electrons. The van der Waals surface area contributed by atoms with E-state index >= 15 is 0 Å². The average Bonchev–Trinajstić information content (AvgIpc) is 2.95. The monoisotopic (exact) mass is 598 g/mol. The maximum atomic E-state index is 6.30. The van der Waals surface area contributed by atoms with Crippen LogP contribution in [0.5, 0.6) is 23.0 Å². The van der Waals surface area contributed by atoms with Gasteiger partial charge in [0, 0.05) is 21.8 Å². The van der Waals surface area contributed by atoms with E-state index in [1.54, 1.807) is 0 Å². The molecule has 0 amide bonds. The molecule has 0 aliphatic rings. The van der Waals surface area contributed by atoms with Crippen molar-refractivity contribution in [2.45, 2.75) is 10.7 Å². The molecule has 0 aliphatic carbocycles. The summed E-state index contributed by atoms with van der Waals surface area (Å²) >= 11 is 7.24. The Morgan fingerprint density at radius 2 is 0.750 bits per heavy atom. The second-order valence-corrected chi connectivity index (χ2v) is 9.44. The predicted molar refractivity (Wildman–Crippen MR) is 156 cm³/mol. The zero-order valence-corrected chi connectivity index (χ0v) is 22.7. The SMILES string of the molecule is BrCc1cc(Oc2ccc(-c3ccccc3)cc2)c(CBr)cc1Oc1ccc(-c2ccccc2)cc1. The van der Waals surface area contributed by atoms with Gasteiger partial charge in [0.2, 0.25) is 0 Å². The Hall–Kier alpha value is -3.34. The maximum Gasteiger partial charge on any atom is 0.132 e. The highest BCUT2D eigenvalue weighted by Crippen LogP contribution is 2.37. The molecule has 0 saturated carbocycles. The Balaban J connectivity index is 1.36. The second kappa shape index (κ2) is 11.6. The summed E-state index contributed by atoms with van der Waals surface area (Å²) in [5.74, 6) is 3.20. The van der Waals surface area contributed by atoms with E-state index < -0.39 is 0 Å². The minimum absolute atomic E-state index is 0.649. The fourth-order valence-electron chi connectivity index (χ4n) is 3.99. The third-order valence-electron chi connectivity index (χ3n) is 5.91. The van der Waals surface area contributed by atoms with Crippen molar-refractivity contribution in [3.8, 4) is 45.3 Å². The first kappa shape index (κ1) is 24.4. The van der Waals surface area contributed by atoms with Crippen LogP contribution in [0.15, 0.2) is 121 Å². The van der Waals surface area contributed by atoms with E-state index in [9.17, 15) is 0 Å². The predicted octanol–water partition coefficient (Wildman–Crippen LogP) is 10.4. The lowest BCUT2D eigenvalue weighted by molar-refractivity contribution is 0.462. The molecule has 0 spiro atoms. The van der Waals surface area contributed by atoms with Crippen LogP contribution in [0.2, 0.25) is 0 Å². The molecule has 0 aromatic heterocycles. The lowest BCUT2D eigenvalue weighted by Crippen LogP contribution is -1.96. The third-order valence-corrected chi connectivity index (χ3v) is 7.12. The van der Waals surface area contributed by atoms with Crippen molar-refractivity contribution in [1.82, 2.24) is 0 Å². The number of benzene rings is 5. The Morgan fingerprint density at radius 3 is 1.08 bits per heavy atom. The minimum Gasteiger partial charge on any atom is -0.457 e. The lowest BCUT2D eigenvalue weighted by atomic mass is 10.1. The molecule has 36 heavy (non-hydrogen) atoms. The summed E-state index contributed by atoms with van der Waals surface area (Å²) < 4.78 is 12.6. The summed E-state index contributed by atoms with van der Waals surface area (Å²) in [6.45, 7) is 0. The summed E-state index contributed by atoms with van der Waals surface area (Å²) in [5, 5.41) is 1.30. The Morgan fingerprint density at radius 1 is 0.417 bits per heavy atom. The van der Waals surface area contributed by atoms with Crippen LogP contribution in [0, 0.1) is 0 Å². The fraction of sp³-hybridized carbons (Fsp3) is 0.0625. The lowest BCUT2D eigenvalue weighted by Gasteiger charge is -2.16. The molecular formula is C32H24Br2O2. The highest BCUT2D eigenvalue weighted by Gasteiger charge is 2.13. The molecule has 0 heterocycles. The Bertz CT molecular complexity index is 1300. The summed E-state index contributed by atoms with van der Waals surface area (Å²) in [6, 6.07) is 41.1. The van der Waals surface area contributed by atoms with E-state index in [1.807, 2.05) is 72.8 Å². The van der Waals surface area contributed by atoms with E-state index in [2.05, 4.69) is 80.4 Å². The van der Waals surface area contributed by atoms with Gasteiger partial charge >= 0.3 is 0 Å². The van der Waals surface area contributed by atoms with E-state index in [1.165, 1.54) is 11.1 Å². The van der Waals surface area contributed by atoms with Crippen LogP contribution in [0.25, 0.3) is 22.3 Å². The molecule has 2 nitrogen and oxygen atoms in total. The minimum atomic E-state index is 0.649. The van der Waals surface area contributed by atoms with Crippen molar-refractivity contribution in [3.05, 3.63) is 132 Å². The van der Waals surface area contributed by atoms with Crippen molar-refractivity contribution >= 4 is 31.9 Å². The number of ether oxygens (including phenoxy) is 2. The summed E-state index contributed by atoms with van der Waals surface area (Å²) in [4.78, 5) is 0. The first-order chi connectivity index (χ1) is 17.7. The van der Waals surface area contributed by atoms with Gasteiger partial charge in [-0.1, -0.05) is 117 Å². The molecule has 5 aromatic rings. The Labute approximate surface area is 228 Å². The zero-order chi connectivity index (χ0) is 24.7. The molecule has 0 radical (unpaired) electrons. The number of halogens is 2. The van der Waals surface area contributed by atoms with Crippen molar-refractivity contribution in [1.29, 1.82) is 0 Å². The van der Waals surface area contributed by atoms with Gasteiger partial charge in [0.25, 0.3) is 0 Å². The fourth-order valence-corrected chi connectivity index (χ4v) is 4.87. The number of rotatable bonds is 8. The number of hydrogen-bond donors (Lipinski definition) is 0. The van der Waals surface area contributed by atoms with Gasteiger partial charge in [-0.2, -0.15) is 0 Å². The molecule has 5 aromatic carbocycles. The quantitative estimate of drug-likeness (QED) is 0.165.